The van der Waals surface area contributed by atoms with Crippen molar-refractivity contribution in [3.05, 3.63) is 0 Å². The molecule has 0 rings (SSSR count). The number of carbonyl (C=O) groups is 3. The van der Waals surface area contributed by atoms with E-state index in [0.29, 0.717) is 6.42 Å². The molecular formula is C23H43NO4. The number of nitrogens with one attached hydrogen (secondary N) is 1. The first-order chi connectivity index (χ1) is 13.4. The third kappa shape index (κ3) is 14.6. The fourth-order valence-electron chi connectivity index (χ4n) is 3.33. The van der Waals surface area contributed by atoms with Crippen LogP contribution >= 0.6 is 0 Å². The number of hydrogen-bond donors (Lipinski definition) is 2. The predicted molar refractivity (Wildman–Crippen MR) is 114 cm³/mol. The van der Waals surface area contributed by atoms with Crippen molar-refractivity contribution in [1.82, 2.24) is 5.32 Å². The second kappa shape index (κ2) is 17.7. The Morgan fingerprint density at radius 1 is 0.714 bits per heavy atom. The Hall–Kier alpha value is -1.39. The lowest BCUT2D eigenvalue weighted by Gasteiger charge is -2.17. The van der Waals surface area contributed by atoms with Crippen LogP contribution in [0, 0.1) is 5.92 Å². The van der Waals surface area contributed by atoms with Crippen molar-refractivity contribution in [3.8, 4) is 0 Å². The number of amides is 1. The summed E-state index contributed by atoms with van der Waals surface area (Å²) in [6, 6.07) is -1.01. The summed E-state index contributed by atoms with van der Waals surface area (Å²) in [7, 11) is 0. The molecule has 0 aromatic carbocycles. The van der Waals surface area contributed by atoms with Gasteiger partial charge in [0.1, 0.15) is 6.04 Å². The fraction of sp³-hybridized carbons (Fsp3) is 0.870. The maximum Gasteiger partial charge on any atom is 0.326 e. The van der Waals surface area contributed by atoms with Crippen LogP contribution in [0.4, 0.5) is 0 Å². The Balaban J connectivity index is 3.54. The summed E-state index contributed by atoms with van der Waals surface area (Å²) in [4.78, 5) is 34.7. The Bertz CT molecular complexity index is 434. The molecule has 1 atom stereocenters. The van der Waals surface area contributed by atoms with Crippen molar-refractivity contribution >= 4 is 17.7 Å². The normalized spacial score (nSPS) is 12.1. The van der Waals surface area contributed by atoms with Gasteiger partial charge in [0, 0.05) is 6.42 Å². The van der Waals surface area contributed by atoms with Gasteiger partial charge in [-0.05, 0) is 12.3 Å². The molecule has 0 aliphatic heterocycles. The van der Waals surface area contributed by atoms with Gasteiger partial charge in [-0.2, -0.15) is 0 Å². The molecule has 5 nitrogen and oxygen atoms in total. The molecule has 0 radical (unpaired) electrons. The predicted octanol–water partition coefficient (Wildman–Crippen LogP) is 5.65. The van der Waals surface area contributed by atoms with Crippen molar-refractivity contribution in [2.24, 2.45) is 5.92 Å². The standard InChI is InChI=1S/C23H43NO4/c1-4-5-6-7-8-9-10-11-12-13-14-15-16-17-18-20(25)22(26)24-21(19(2)3)23(27)28/h19,21H,4-18H2,1-3H3,(H,24,26)(H,27,28)/t21-/m0/s1. The van der Waals surface area contributed by atoms with Gasteiger partial charge >= 0.3 is 5.97 Å². The van der Waals surface area contributed by atoms with E-state index in [4.69, 9.17) is 5.11 Å². The second-order valence-corrected chi connectivity index (χ2v) is 8.30. The number of hydrogen-bond acceptors (Lipinski definition) is 3. The number of carbonyl (C=O) groups excluding carboxylic acids is 2. The van der Waals surface area contributed by atoms with Crippen LogP contribution in [-0.4, -0.2) is 28.8 Å². The van der Waals surface area contributed by atoms with Crippen LogP contribution in [0.5, 0.6) is 0 Å². The molecule has 0 aliphatic rings. The summed E-state index contributed by atoms with van der Waals surface area (Å²) in [5.41, 5.74) is 0. The molecule has 0 unspecified atom stereocenters. The third-order valence-electron chi connectivity index (χ3n) is 5.23. The number of rotatable bonds is 19. The molecule has 0 aromatic heterocycles. The van der Waals surface area contributed by atoms with Crippen LogP contribution in [0.1, 0.15) is 117 Å². The Morgan fingerprint density at radius 2 is 1.11 bits per heavy atom. The summed E-state index contributed by atoms with van der Waals surface area (Å²) >= 11 is 0. The van der Waals surface area contributed by atoms with E-state index in [-0.39, 0.29) is 12.3 Å². The summed E-state index contributed by atoms with van der Waals surface area (Å²) in [6.07, 6.45) is 17.6. The van der Waals surface area contributed by atoms with E-state index in [0.717, 1.165) is 12.8 Å². The average Bonchev–Trinajstić information content (AvgIpc) is 2.65. The molecule has 5 heteroatoms. The molecule has 0 bridgehead atoms. The van der Waals surface area contributed by atoms with E-state index in [2.05, 4.69) is 12.2 Å². The van der Waals surface area contributed by atoms with Gasteiger partial charge in [-0.1, -0.05) is 104 Å². The molecule has 0 fully saturated rings. The van der Waals surface area contributed by atoms with Gasteiger partial charge in [0.05, 0.1) is 0 Å². The molecule has 0 saturated heterocycles. The SMILES string of the molecule is CCCCCCCCCCCCCCCCC(=O)C(=O)N[C@H](C(=O)O)C(C)C. The lowest BCUT2D eigenvalue weighted by molar-refractivity contribution is -0.145. The molecule has 0 spiro atoms. The van der Waals surface area contributed by atoms with Gasteiger partial charge < -0.3 is 10.4 Å². The quantitative estimate of drug-likeness (QED) is 0.218. The minimum atomic E-state index is -1.10. The third-order valence-corrected chi connectivity index (χ3v) is 5.23. The van der Waals surface area contributed by atoms with Gasteiger partial charge in [-0.25, -0.2) is 4.79 Å². The number of Topliss-reactive ketones (excluding diaryl/α,β-unsaturated/α-hetero) is 1. The molecule has 1 amide bonds. The number of carboxylic acids is 1. The van der Waals surface area contributed by atoms with Gasteiger partial charge in [-0.3, -0.25) is 9.59 Å². The first-order valence-corrected chi connectivity index (χ1v) is 11.5. The minimum absolute atomic E-state index is 0.203. The lowest BCUT2D eigenvalue weighted by atomic mass is 10.0. The molecule has 2 N–H and O–H groups in total. The van der Waals surface area contributed by atoms with Crippen LogP contribution < -0.4 is 5.32 Å². The van der Waals surface area contributed by atoms with E-state index in [9.17, 15) is 14.4 Å². The topological polar surface area (TPSA) is 83.5 Å². The van der Waals surface area contributed by atoms with Crippen molar-refractivity contribution < 1.29 is 19.5 Å². The fourth-order valence-corrected chi connectivity index (χ4v) is 3.33. The van der Waals surface area contributed by atoms with Gasteiger partial charge in [0.25, 0.3) is 5.91 Å². The van der Waals surface area contributed by atoms with Crippen LogP contribution in [0.3, 0.4) is 0 Å². The maximum atomic E-state index is 11.8. The highest BCUT2D eigenvalue weighted by Crippen LogP contribution is 2.13. The summed E-state index contributed by atoms with van der Waals surface area (Å²) in [5.74, 6) is -2.63. The zero-order valence-corrected chi connectivity index (χ0v) is 18.4. The minimum Gasteiger partial charge on any atom is -0.480 e. The summed E-state index contributed by atoms with van der Waals surface area (Å²) in [5, 5.41) is 11.4. The highest BCUT2D eigenvalue weighted by Gasteiger charge is 2.25. The Kier molecular flexibility index (Phi) is 16.8. The molecule has 0 aromatic rings. The second-order valence-electron chi connectivity index (χ2n) is 8.30. The highest BCUT2D eigenvalue weighted by molar-refractivity contribution is 6.36. The average molecular weight is 398 g/mol. The highest BCUT2D eigenvalue weighted by atomic mass is 16.4. The first kappa shape index (κ1) is 26.6. The van der Waals surface area contributed by atoms with E-state index in [1.165, 1.54) is 70.6 Å². The molecule has 0 saturated carbocycles. The Labute approximate surface area is 172 Å². The Morgan fingerprint density at radius 3 is 1.46 bits per heavy atom. The zero-order chi connectivity index (χ0) is 21.2. The molecule has 0 aliphatic carbocycles. The van der Waals surface area contributed by atoms with Gasteiger partial charge in [0.15, 0.2) is 0 Å². The van der Waals surface area contributed by atoms with Crippen LogP contribution in [0.15, 0.2) is 0 Å². The van der Waals surface area contributed by atoms with Crippen molar-refractivity contribution in [2.45, 2.75) is 123 Å². The number of carboxylic acid groups (broad SMARTS) is 1. The maximum absolute atomic E-state index is 11.8. The number of unbranched alkanes of at least 4 members (excludes halogenated alkanes) is 13. The summed E-state index contributed by atoms with van der Waals surface area (Å²) < 4.78 is 0. The van der Waals surface area contributed by atoms with Crippen LogP contribution in [0.25, 0.3) is 0 Å². The number of ketones is 1. The van der Waals surface area contributed by atoms with E-state index in [1.54, 1.807) is 13.8 Å². The van der Waals surface area contributed by atoms with Gasteiger partial charge in [0.2, 0.25) is 5.78 Å². The smallest absolute Gasteiger partial charge is 0.326 e. The largest absolute Gasteiger partial charge is 0.480 e. The van der Waals surface area contributed by atoms with Crippen LogP contribution in [-0.2, 0) is 14.4 Å². The zero-order valence-electron chi connectivity index (χ0n) is 18.4. The molecule has 28 heavy (non-hydrogen) atoms. The number of aliphatic carboxylic acids is 1. The molecular weight excluding hydrogens is 354 g/mol. The first-order valence-electron chi connectivity index (χ1n) is 11.5. The summed E-state index contributed by atoms with van der Waals surface area (Å²) in [6.45, 7) is 5.66. The van der Waals surface area contributed by atoms with E-state index in [1.807, 2.05) is 0 Å². The van der Waals surface area contributed by atoms with E-state index < -0.39 is 23.7 Å². The lowest BCUT2D eigenvalue weighted by Crippen LogP contribution is -2.46. The van der Waals surface area contributed by atoms with Crippen molar-refractivity contribution in [3.63, 3.8) is 0 Å². The van der Waals surface area contributed by atoms with Crippen LogP contribution in [0.2, 0.25) is 0 Å². The van der Waals surface area contributed by atoms with Crippen molar-refractivity contribution in [1.29, 1.82) is 0 Å². The monoisotopic (exact) mass is 397 g/mol. The van der Waals surface area contributed by atoms with E-state index >= 15 is 0 Å². The van der Waals surface area contributed by atoms with Gasteiger partial charge in [-0.15, -0.1) is 0 Å². The van der Waals surface area contributed by atoms with Crippen molar-refractivity contribution in [2.75, 3.05) is 0 Å². The molecule has 164 valence electrons. The molecule has 0 heterocycles.